The molecular formula is C63H59N9O6. The second-order valence-corrected chi connectivity index (χ2v) is 18.0. The Kier molecular flexibility index (Phi) is 19.0. The van der Waals surface area contributed by atoms with Crippen LogP contribution < -0.4 is 30.2 Å². The van der Waals surface area contributed by atoms with Gasteiger partial charge in [-0.2, -0.15) is 30.7 Å². The van der Waals surface area contributed by atoms with Crippen molar-refractivity contribution in [1.82, 2.24) is 0 Å². The van der Waals surface area contributed by atoms with Crippen molar-refractivity contribution in [3.05, 3.63) is 253 Å². The summed E-state index contributed by atoms with van der Waals surface area (Å²) in [4.78, 5) is 0. The molecular weight excluding hydrogens is 979 g/mol. The molecule has 0 aliphatic carbocycles. The van der Waals surface area contributed by atoms with Crippen LogP contribution in [0.5, 0.6) is 17.2 Å². The number of aliphatic hydroxyl groups is 3. The topological polar surface area (TPSA) is 199 Å². The Morgan fingerprint density at radius 3 is 0.962 bits per heavy atom. The first-order chi connectivity index (χ1) is 38.3. The van der Waals surface area contributed by atoms with Gasteiger partial charge in [0.1, 0.15) is 49.3 Å². The second-order valence-electron chi connectivity index (χ2n) is 18.0. The van der Waals surface area contributed by atoms with Crippen LogP contribution in [0.25, 0.3) is 0 Å². The molecule has 9 aromatic carbocycles. The molecule has 392 valence electrons. The number of nitrogens with zero attached hydrogens (tertiary/aromatic N) is 6. The number of rotatable bonds is 26. The summed E-state index contributed by atoms with van der Waals surface area (Å²) in [6, 6.07) is 74.4. The van der Waals surface area contributed by atoms with E-state index in [4.69, 9.17) is 14.2 Å². The minimum atomic E-state index is -0.976. The fraction of sp³-hybridized carbons (Fsp3) is 0.143. The summed E-state index contributed by atoms with van der Waals surface area (Å²) in [5.41, 5.74) is 9.85. The molecule has 9 rings (SSSR count). The van der Waals surface area contributed by atoms with Crippen molar-refractivity contribution >= 4 is 51.2 Å². The van der Waals surface area contributed by atoms with E-state index in [0.717, 1.165) is 50.8 Å². The molecule has 78 heavy (non-hydrogen) atoms. The van der Waals surface area contributed by atoms with E-state index >= 15 is 0 Å². The van der Waals surface area contributed by atoms with Crippen molar-refractivity contribution in [3.8, 4) is 17.2 Å². The van der Waals surface area contributed by atoms with Gasteiger partial charge in [0.05, 0.1) is 34.1 Å². The first-order valence-corrected chi connectivity index (χ1v) is 25.5. The summed E-state index contributed by atoms with van der Waals surface area (Å²) in [5, 5.41) is 67.7. The van der Waals surface area contributed by atoms with Gasteiger partial charge in [-0.3, -0.25) is 0 Å². The molecule has 0 heterocycles. The number of anilines is 3. The maximum Gasteiger partial charge on any atom is 0.159 e. The zero-order valence-electron chi connectivity index (χ0n) is 42.6. The fourth-order valence-corrected chi connectivity index (χ4v) is 7.98. The van der Waals surface area contributed by atoms with Gasteiger partial charge >= 0.3 is 0 Å². The van der Waals surface area contributed by atoms with Gasteiger partial charge < -0.3 is 45.5 Å². The largest absolute Gasteiger partial charge is 0.491 e. The zero-order valence-corrected chi connectivity index (χ0v) is 42.6. The lowest BCUT2D eigenvalue weighted by Crippen LogP contribution is -2.26. The van der Waals surface area contributed by atoms with E-state index in [9.17, 15) is 15.3 Å². The number of ether oxygens (including phenoxy) is 3. The Morgan fingerprint density at radius 2 is 0.590 bits per heavy atom. The molecule has 0 spiro atoms. The van der Waals surface area contributed by atoms with Crippen LogP contribution in [-0.2, 0) is 0 Å². The third kappa shape index (κ3) is 16.7. The third-order valence-corrected chi connectivity index (χ3v) is 12.1. The number of hydrogen-bond donors (Lipinski definition) is 6. The minimum absolute atomic E-state index is 0.00593. The predicted molar refractivity (Wildman–Crippen MR) is 307 cm³/mol. The van der Waals surface area contributed by atoms with Gasteiger partial charge in [0.25, 0.3) is 0 Å². The summed E-state index contributed by atoms with van der Waals surface area (Å²) in [6.07, 6.45) is -2.53. The standard InChI is InChI=1S/C63H59N9O6/c73-57(43-77-61-38-32-56(33-39-61)72-69-53-14-8-3-9-15-53)40-64-48-22-16-45(17-23-48)63(47-20-36-60(37-21-47)78-44-62(75)66-50-26-30-55(31-27-50)71-68-52-12-6-2-7-13-52)46-18-34-59(35-19-46)76-42-58(74)41-65-49-24-28-54(29-25-49)70-67-51-10-4-1-5-11-51/h1-39,57-58,62-66,73-75H,40-44H2. The molecule has 0 radical (unpaired) electrons. The van der Waals surface area contributed by atoms with Crippen LogP contribution in [0.1, 0.15) is 22.6 Å². The molecule has 15 heteroatoms. The van der Waals surface area contributed by atoms with E-state index in [2.05, 4.69) is 58.8 Å². The van der Waals surface area contributed by atoms with E-state index in [1.165, 1.54) is 0 Å². The first kappa shape index (κ1) is 53.3. The molecule has 15 nitrogen and oxygen atoms in total. The molecule has 4 unspecified atom stereocenters. The summed E-state index contributed by atoms with van der Waals surface area (Å²) >= 11 is 0. The van der Waals surface area contributed by atoms with Crippen LogP contribution >= 0.6 is 0 Å². The van der Waals surface area contributed by atoms with Crippen molar-refractivity contribution in [2.24, 2.45) is 30.7 Å². The lowest BCUT2D eigenvalue weighted by Gasteiger charge is -2.21. The van der Waals surface area contributed by atoms with Crippen molar-refractivity contribution in [2.75, 3.05) is 48.9 Å². The van der Waals surface area contributed by atoms with Gasteiger partial charge in [0.2, 0.25) is 0 Å². The number of aliphatic hydroxyl groups excluding tert-OH is 3. The van der Waals surface area contributed by atoms with Crippen molar-refractivity contribution in [1.29, 1.82) is 0 Å². The van der Waals surface area contributed by atoms with Crippen molar-refractivity contribution in [2.45, 2.75) is 24.4 Å². The molecule has 0 fully saturated rings. The highest BCUT2D eigenvalue weighted by atomic mass is 16.5. The van der Waals surface area contributed by atoms with Crippen LogP contribution in [-0.4, -0.2) is 66.7 Å². The molecule has 0 saturated heterocycles. The fourth-order valence-electron chi connectivity index (χ4n) is 7.98. The first-order valence-electron chi connectivity index (χ1n) is 25.5. The Bertz CT molecular complexity index is 3130. The summed E-state index contributed by atoms with van der Waals surface area (Å²) in [5.74, 6) is 1.65. The molecule has 9 aromatic rings. The monoisotopic (exact) mass is 1040 g/mol. The smallest absolute Gasteiger partial charge is 0.159 e. The molecule has 0 aromatic heterocycles. The second kappa shape index (κ2) is 27.8. The number of hydrogen-bond acceptors (Lipinski definition) is 15. The maximum absolute atomic E-state index is 10.8. The SMILES string of the molecule is OC(CNc1ccc(C(c2ccc(OCC(O)CNc3ccc(N=Nc4ccccc4)cc3)cc2)c2ccc(OCC(O)Nc3ccc(N=Nc4ccccc4)cc3)cc2)cc1)COc1ccc(N=Nc2ccccc2)cc1. The Labute approximate surface area is 453 Å². The van der Waals surface area contributed by atoms with E-state index in [1.807, 2.05) is 212 Å². The molecule has 4 atom stereocenters. The molecule has 0 bridgehead atoms. The van der Waals surface area contributed by atoms with E-state index < -0.39 is 18.4 Å². The highest BCUT2D eigenvalue weighted by molar-refractivity contribution is 5.54. The van der Waals surface area contributed by atoms with Crippen LogP contribution in [0.15, 0.2) is 267 Å². The highest BCUT2D eigenvalue weighted by Gasteiger charge is 2.19. The minimum Gasteiger partial charge on any atom is -0.491 e. The Balaban J connectivity index is 0.796. The van der Waals surface area contributed by atoms with Crippen molar-refractivity contribution < 1.29 is 29.5 Å². The van der Waals surface area contributed by atoms with Gasteiger partial charge in [0.15, 0.2) is 6.23 Å². The lowest BCUT2D eigenvalue weighted by molar-refractivity contribution is 0.117. The molecule has 0 saturated carbocycles. The normalized spacial score (nSPS) is 13.0. The average Bonchev–Trinajstić information content (AvgIpc) is 3.49. The van der Waals surface area contributed by atoms with E-state index in [1.54, 1.807) is 12.1 Å². The molecule has 6 N–H and O–H groups in total. The predicted octanol–water partition coefficient (Wildman–Crippen LogP) is 14.6. The average molecular weight is 1040 g/mol. The van der Waals surface area contributed by atoms with Crippen LogP contribution in [0.4, 0.5) is 51.2 Å². The van der Waals surface area contributed by atoms with Gasteiger partial charge in [0, 0.05) is 36.1 Å². The van der Waals surface area contributed by atoms with Gasteiger partial charge in [-0.15, -0.1) is 0 Å². The lowest BCUT2D eigenvalue weighted by atomic mass is 9.85. The molecule has 0 aliphatic rings. The van der Waals surface area contributed by atoms with E-state index in [-0.39, 0.29) is 38.8 Å². The molecule has 0 amide bonds. The van der Waals surface area contributed by atoms with Crippen LogP contribution in [0.3, 0.4) is 0 Å². The van der Waals surface area contributed by atoms with Crippen molar-refractivity contribution in [3.63, 3.8) is 0 Å². The number of benzene rings is 9. The van der Waals surface area contributed by atoms with Gasteiger partial charge in [-0.05, 0) is 162 Å². The third-order valence-electron chi connectivity index (χ3n) is 12.1. The highest BCUT2D eigenvalue weighted by Crippen LogP contribution is 2.35. The number of nitrogens with one attached hydrogen (secondary N) is 3. The quantitative estimate of drug-likeness (QED) is 0.0174. The summed E-state index contributed by atoms with van der Waals surface area (Å²) in [6.45, 7) is 0.749. The summed E-state index contributed by atoms with van der Waals surface area (Å²) in [7, 11) is 0. The van der Waals surface area contributed by atoms with Crippen LogP contribution in [0, 0.1) is 0 Å². The van der Waals surface area contributed by atoms with E-state index in [0.29, 0.717) is 34.3 Å². The summed E-state index contributed by atoms with van der Waals surface area (Å²) < 4.78 is 17.9. The Morgan fingerprint density at radius 1 is 0.308 bits per heavy atom. The molecule has 0 aliphatic heterocycles. The maximum atomic E-state index is 10.8. The van der Waals surface area contributed by atoms with Gasteiger partial charge in [-0.25, -0.2) is 0 Å². The number of azo groups is 3. The van der Waals surface area contributed by atoms with Crippen LogP contribution in [0.2, 0.25) is 0 Å². The zero-order chi connectivity index (χ0) is 53.6. The Hall–Kier alpha value is -9.54. The van der Waals surface area contributed by atoms with Gasteiger partial charge in [-0.1, -0.05) is 91.0 Å².